The van der Waals surface area contributed by atoms with Crippen LogP contribution in [0.5, 0.6) is 5.75 Å². The molecule has 4 heteroatoms. The average molecular weight is 262 g/mol. The monoisotopic (exact) mass is 262 g/mol. The van der Waals surface area contributed by atoms with Gasteiger partial charge in [-0.25, -0.2) is 0 Å². The van der Waals surface area contributed by atoms with E-state index in [9.17, 15) is 4.79 Å². The molecule has 1 saturated heterocycles. The summed E-state index contributed by atoms with van der Waals surface area (Å²) >= 11 is 0. The third-order valence-electron chi connectivity index (χ3n) is 3.79. The van der Waals surface area contributed by atoms with E-state index in [2.05, 4.69) is 29.7 Å². The lowest BCUT2D eigenvalue weighted by atomic mass is 9.85. The first-order valence-electron chi connectivity index (χ1n) is 6.75. The minimum absolute atomic E-state index is 0.0660. The SMILES string of the molecule is CNC(=O)C1CC(c2cc(C)ccc2OC)CCN1. The first-order chi connectivity index (χ1) is 9.15. The molecule has 1 amide bonds. The molecule has 0 radical (unpaired) electrons. The van der Waals surface area contributed by atoms with Gasteiger partial charge in [-0.05, 0) is 43.9 Å². The molecule has 104 valence electrons. The zero-order chi connectivity index (χ0) is 13.8. The van der Waals surface area contributed by atoms with Crippen molar-refractivity contribution in [3.05, 3.63) is 29.3 Å². The van der Waals surface area contributed by atoms with E-state index in [1.807, 2.05) is 6.07 Å². The predicted molar refractivity (Wildman–Crippen MR) is 75.6 cm³/mol. The summed E-state index contributed by atoms with van der Waals surface area (Å²) in [6.07, 6.45) is 1.85. The van der Waals surface area contributed by atoms with Gasteiger partial charge in [0, 0.05) is 7.05 Å². The highest BCUT2D eigenvalue weighted by Crippen LogP contribution is 2.34. The van der Waals surface area contributed by atoms with E-state index in [-0.39, 0.29) is 11.9 Å². The van der Waals surface area contributed by atoms with Crippen molar-refractivity contribution in [3.8, 4) is 5.75 Å². The van der Waals surface area contributed by atoms with Crippen molar-refractivity contribution in [1.29, 1.82) is 0 Å². The molecule has 1 aromatic rings. The lowest BCUT2D eigenvalue weighted by molar-refractivity contribution is -0.123. The summed E-state index contributed by atoms with van der Waals surface area (Å²) in [6, 6.07) is 6.14. The van der Waals surface area contributed by atoms with E-state index < -0.39 is 0 Å². The van der Waals surface area contributed by atoms with Crippen molar-refractivity contribution >= 4 is 5.91 Å². The highest BCUT2D eigenvalue weighted by atomic mass is 16.5. The number of aryl methyl sites for hydroxylation is 1. The van der Waals surface area contributed by atoms with Crippen LogP contribution in [-0.2, 0) is 4.79 Å². The van der Waals surface area contributed by atoms with Crippen LogP contribution >= 0.6 is 0 Å². The number of ether oxygens (including phenoxy) is 1. The number of methoxy groups -OCH3 is 1. The van der Waals surface area contributed by atoms with Crippen LogP contribution in [0.15, 0.2) is 18.2 Å². The summed E-state index contributed by atoms with van der Waals surface area (Å²) in [4.78, 5) is 11.8. The number of carbonyl (C=O) groups is 1. The number of amides is 1. The van der Waals surface area contributed by atoms with Crippen molar-refractivity contribution in [2.24, 2.45) is 0 Å². The third-order valence-corrected chi connectivity index (χ3v) is 3.79. The Morgan fingerprint density at radius 3 is 2.95 bits per heavy atom. The van der Waals surface area contributed by atoms with Gasteiger partial charge in [0.15, 0.2) is 0 Å². The molecule has 0 aliphatic carbocycles. The maximum atomic E-state index is 11.8. The Labute approximate surface area is 114 Å². The molecule has 0 spiro atoms. The van der Waals surface area contributed by atoms with Gasteiger partial charge in [0.05, 0.1) is 13.2 Å². The van der Waals surface area contributed by atoms with Crippen LogP contribution in [0, 0.1) is 6.92 Å². The van der Waals surface area contributed by atoms with E-state index in [0.717, 1.165) is 25.1 Å². The van der Waals surface area contributed by atoms with Crippen molar-refractivity contribution in [2.45, 2.75) is 31.7 Å². The molecule has 2 unspecified atom stereocenters. The molecule has 0 saturated carbocycles. The summed E-state index contributed by atoms with van der Waals surface area (Å²) in [5.74, 6) is 1.36. The first kappa shape index (κ1) is 13.9. The van der Waals surface area contributed by atoms with Crippen LogP contribution in [0.1, 0.15) is 29.9 Å². The predicted octanol–water partition coefficient (Wildman–Crippen LogP) is 1.59. The lowest BCUT2D eigenvalue weighted by Gasteiger charge is -2.30. The van der Waals surface area contributed by atoms with Gasteiger partial charge in [-0.2, -0.15) is 0 Å². The largest absolute Gasteiger partial charge is 0.496 e. The fraction of sp³-hybridized carbons (Fsp3) is 0.533. The van der Waals surface area contributed by atoms with Gasteiger partial charge in [-0.1, -0.05) is 17.7 Å². The Morgan fingerprint density at radius 1 is 1.47 bits per heavy atom. The number of piperidine rings is 1. The molecule has 2 rings (SSSR count). The molecule has 1 aromatic carbocycles. The number of nitrogens with one attached hydrogen (secondary N) is 2. The van der Waals surface area contributed by atoms with Gasteiger partial charge in [0.25, 0.3) is 0 Å². The Bertz CT molecular complexity index is 459. The van der Waals surface area contributed by atoms with Crippen LogP contribution < -0.4 is 15.4 Å². The molecule has 2 N–H and O–H groups in total. The van der Waals surface area contributed by atoms with Gasteiger partial charge < -0.3 is 15.4 Å². The fourth-order valence-electron chi connectivity index (χ4n) is 2.75. The van der Waals surface area contributed by atoms with Crippen molar-refractivity contribution < 1.29 is 9.53 Å². The zero-order valence-corrected chi connectivity index (χ0v) is 11.8. The second-order valence-electron chi connectivity index (χ2n) is 5.09. The highest BCUT2D eigenvalue weighted by molar-refractivity contribution is 5.81. The Morgan fingerprint density at radius 2 is 2.26 bits per heavy atom. The Hall–Kier alpha value is -1.55. The van der Waals surface area contributed by atoms with Gasteiger partial charge in [-0.3, -0.25) is 4.79 Å². The number of hydrogen-bond donors (Lipinski definition) is 2. The normalized spacial score (nSPS) is 22.9. The van der Waals surface area contributed by atoms with Crippen molar-refractivity contribution in [3.63, 3.8) is 0 Å². The molecule has 1 fully saturated rings. The minimum atomic E-state index is -0.103. The quantitative estimate of drug-likeness (QED) is 0.869. The smallest absolute Gasteiger partial charge is 0.236 e. The molecule has 0 aromatic heterocycles. The molecule has 2 atom stereocenters. The summed E-state index contributed by atoms with van der Waals surface area (Å²) in [5.41, 5.74) is 2.45. The van der Waals surface area contributed by atoms with Crippen LogP contribution in [0.4, 0.5) is 0 Å². The maximum absolute atomic E-state index is 11.8. The fourth-order valence-corrected chi connectivity index (χ4v) is 2.75. The van der Waals surface area contributed by atoms with Gasteiger partial charge in [0.2, 0.25) is 5.91 Å². The van der Waals surface area contributed by atoms with Crippen molar-refractivity contribution in [2.75, 3.05) is 20.7 Å². The Balaban J connectivity index is 2.21. The Kier molecular flexibility index (Phi) is 4.43. The molecule has 1 aliphatic rings. The van der Waals surface area contributed by atoms with Crippen LogP contribution in [0.25, 0.3) is 0 Å². The number of carbonyl (C=O) groups excluding carboxylic acids is 1. The summed E-state index contributed by atoms with van der Waals surface area (Å²) in [5, 5.41) is 5.98. The summed E-state index contributed by atoms with van der Waals surface area (Å²) < 4.78 is 5.45. The maximum Gasteiger partial charge on any atom is 0.236 e. The van der Waals surface area contributed by atoms with Gasteiger partial charge in [-0.15, -0.1) is 0 Å². The zero-order valence-electron chi connectivity index (χ0n) is 11.8. The number of likely N-dealkylation sites (N-methyl/N-ethyl adjacent to an activating group) is 1. The van der Waals surface area contributed by atoms with E-state index >= 15 is 0 Å². The van der Waals surface area contributed by atoms with Crippen molar-refractivity contribution in [1.82, 2.24) is 10.6 Å². The molecular weight excluding hydrogens is 240 g/mol. The standard InChI is InChI=1S/C15H22N2O2/c1-10-4-5-14(19-3)12(8-10)11-6-7-17-13(9-11)15(18)16-2/h4-5,8,11,13,17H,6-7,9H2,1-3H3,(H,16,18). The molecule has 19 heavy (non-hydrogen) atoms. The van der Waals surface area contributed by atoms with Crippen LogP contribution in [0.3, 0.4) is 0 Å². The van der Waals surface area contributed by atoms with E-state index in [1.165, 1.54) is 11.1 Å². The number of hydrogen-bond acceptors (Lipinski definition) is 3. The highest BCUT2D eigenvalue weighted by Gasteiger charge is 2.28. The third kappa shape index (κ3) is 3.07. The number of rotatable bonds is 3. The van der Waals surface area contributed by atoms with Crippen LogP contribution in [0.2, 0.25) is 0 Å². The van der Waals surface area contributed by atoms with Gasteiger partial charge in [0.1, 0.15) is 5.75 Å². The van der Waals surface area contributed by atoms with E-state index in [1.54, 1.807) is 14.2 Å². The average Bonchev–Trinajstić information content (AvgIpc) is 2.46. The second kappa shape index (κ2) is 6.06. The minimum Gasteiger partial charge on any atom is -0.496 e. The number of benzene rings is 1. The van der Waals surface area contributed by atoms with E-state index in [0.29, 0.717) is 5.92 Å². The summed E-state index contributed by atoms with van der Waals surface area (Å²) in [6.45, 7) is 2.94. The molecule has 1 heterocycles. The molecule has 1 aliphatic heterocycles. The molecular formula is C15H22N2O2. The van der Waals surface area contributed by atoms with E-state index in [4.69, 9.17) is 4.74 Å². The second-order valence-corrected chi connectivity index (χ2v) is 5.09. The van der Waals surface area contributed by atoms with Crippen LogP contribution in [-0.4, -0.2) is 32.7 Å². The first-order valence-corrected chi connectivity index (χ1v) is 6.75. The summed E-state index contributed by atoms with van der Waals surface area (Å²) in [7, 11) is 3.38. The molecule has 0 bridgehead atoms. The molecule has 4 nitrogen and oxygen atoms in total. The topological polar surface area (TPSA) is 50.4 Å². The van der Waals surface area contributed by atoms with Gasteiger partial charge >= 0.3 is 0 Å². The lowest BCUT2D eigenvalue weighted by Crippen LogP contribution is -2.47.